The largest absolute Gasteiger partial charge is 0.494 e. The zero-order chi connectivity index (χ0) is 36.1. The lowest BCUT2D eigenvalue weighted by molar-refractivity contribution is -0.140. The van der Waals surface area contributed by atoms with Gasteiger partial charge in [0.2, 0.25) is 11.8 Å². The average Bonchev–Trinajstić information content (AvgIpc) is 3.13. The summed E-state index contributed by atoms with van der Waals surface area (Å²) in [5.41, 5.74) is 2.90. The van der Waals surface area contributed by atoms with Gasteiger partial charge in [0.1, 0.15) is 18.3 Å². The van der Waals surface area contributed by atoms with Gasteiger partial charge in [0.15, 0.2) is 11.5 Å². The molecule has 2 amide bonds. The summed E-state index contributed by atoms with van der Waals surface area (Å²) in [5.74, 6) is 0.285. The van der Waals surface area contributed by atoms with Crippen LogP contribution in [0.5, 0.6) is 17.2 Å². The minimum absolute atomic E-state index is 0.0950. The molecule has 0 aliphatic carbocycles. The number of nitrogens with zero attached hydrogens (tertiary/aromatic N) is 2. The SMILES string of the molecule is CCCCNC(=O)[C@H](Cc1ccccc1)N(Cc1ccccc1C)C(=O)CN(c1ccc(OCC)cc1)S(=O)(=O)c1ccc(OC)c(OC)c1. The first kappa shape index (κ1) is 37.8. The second-order valence-corrected chi connectivity index (χ2v) is 13.6. The summed E-state index contributed by atoms with van der Waals surface area (Å²) in [4.78, 5) is 30.1. The smallest absolute Gasteiger partial charge is 0.264 e. The number of unbranched alkanes of at least 4 members (excludes halogenated alkanes) is 1. The molecule has 1 atom stereocenters. The Hall–Kier alpha value is -5.03. The highest BCUT2D eigenvalue weighted by molar-refractivity contribution is 7.92. The standard InChI is InChI=1S/C39H47N3O7S/c1-6-8-24-40-39(44)35(25-30-15-10-9-11-16-30)41(27-31-17-13-12-14-29(31)3)38(43)28-42(32-18-20-33(21-19-32)49-7-2)50(45,46)34-22-23-36(47-4)37(26-34)48-5/h9-23,26,35H,6-8,24-25,27-28H2,1-5H3,(H,40,44)/t35-/m0/s1. The van der Waals surface area contributed by atoms with E-state index in [0.717, 1.165) is 33.8 Å². The van der Waals surface area contributed by atoms with E-state index in [1.54, 1.807) is 24.3 Å². The van der Waals surface area contributed by atoms with Crippen LogP contribution in [0, 0.1) is 6.92 Å². The summed E-state index contributed by atoms with van der Waals surface area (Å²) in [7, 11) is -1.48. The molecule has 0 bridgehead atoms. The predicted octanol–water partition coefficient (Wildman–Crippen LogP) is 6.16. The number of sulfonamides is 1. The summed E-state index contributed by atoms with van der Waals surface area (Å²) >= 11 is 0. The van der Waals surface area contributed by atoms with Gasteiger partial charge in [0, 0.05) is 25.6 Å². The first-order chi connectivity index (χ1) is 24.1. The molecule has 1 N–H and O–H groups in total. The Morgan fingerprint density at radius 3 is 2.16 bits per heavy atom. The first-order valence-corrected chi connectivity index (χ1v) is 18.2. The molecule has 0 saturated heterocycles. The number of benzene rings is 4. The predicted molar refractivity (Wildman–Crippen MR) is 195 cm³/mol. The maximum absolute atomic E-state index is 14.8. The lowest BCUT2D eigenvalue weighted by Crippen LogP contribution is -2.53. The molecule has 266 valence electrons. The number of anilines is 1. The highest BCUT2D eigenvalue weighted by atomic mass is 32.2. The van der Waals surface area contributed by atoms with Crippen molar-refractivity contribution in [3.63, 3.8) is 0 Å². The van der Waals surface area contributed by atoms with Gasteiger partial charge in [0.05, 0.1) is 31.4 Å². The fourth-order valence-corrected chi connectivity index (χ4v) is 6.97. The van der Waals surface area contributed by atoms with Gasteiger partial charge in [-0.2, -0.15) is 0 Å². The lowest BCUT2D eigenvalue weighted by Gasteiger charge is -2.34. The molecule has 0 unspecified atom stereocenters. The molecule has 11 heteroatoms. The van der Waals surface area contributed by atoms with Crippen LogP contribution in [0.25, 0.3) is 0 Å². The van der Waals surface area contributed by atoms with Crippen molar-refractivity contribution in [1.82, 2.24) is 10.2 Å². The van der Waals surface area contributed by atoms with Crippen molar-refractivity contribution in [3.8, 4) is 17.2 Å². The number of aryl methyl sites for hydroxylation is 1. The average molecular weight is 702 g/mol. The molecule has 4 rings (SSSR count). The van der Waals surface area contributed by atoms with Crippen LogP contribution in [0.15, 0.2) is 102 Å². The summed E-state index contributed by atoms with van der Waals surface area (Å²) in [6.07, 6.45) is 1.91. The highest BCUT2D eigenvalue weighted by Crippen LogP contribution is 2.33. The Morgan fingerprint density at radius 2 is 1.52 bits per heavy atom. The van der Waals surface area contributed by atoms with E-state index >= 15 is 0 Å². The molecule has 0 spiro atoms. The van der Waals surface area contributed by atoms with Crippen LogP contribution in [-0.2, 0) is 32.6 Å². The third-order valence-corrected chi connectivity index (χ3v) is 10.1. The fraction of sp³-hybridized carbons (Fsp3) is 0.333. The van der Waals surface area contributed by atoms with Crippen LogP contribution >= 0.6 is 0 Å². The molecular formula is C39H47N3O7S. The van der Waals surface area contributed by atoms with Crippen molar-refractivity contribution >= 4 is 27.5 Å². The Labute approximate surface area is 296 Å². The summed E-state index contributed by atoms with van der Waals surface area (Å²) < 4.78 is 46.4. The van der Waals surface area contributed by atoms with Crippen LogP contribution in [0.1, 0.15) is 43.4 Å². The zero-order valence-electron chi connectivity index (χ0n) is 29.4. The van der Waals surface area contributed by atoms with Crippen LogP contribution < -0.4 is 23.8 Å². The highest BCUT2D eigenvalue weighted by Gasteiger charge is 2.35. The van der Waals surface area contributed by atoms with Crippen molar-refractivity contribution in [2.75, 3.05) is 38.2 Å². The van der Waals surface area contributed by atoms with E-state index in [0.29, 0.717) is 24.7 Å². The monoisotopic (exact) mass is 701 g/mol. The molecule has 0 radical (unpaired) electrons. The number of hydrogen-bond donors (Lipinski definition) is 1. The third kappa shape index (κ3) is 9.56. The van der Waals surface area contributed by atoms with Crippen molar-refractivity contribution in [3.05, 3.63) is 114 Å². The van der Waals surface area contributed by atoms with E-state index in [4.69, 9.17) is 14.2 Å². The second kappa shape index (κ2) is 18.1. The maximum Gasteiger partial charge on any atom is 0.264 e. The number of hydrogen-bond acceptors (Lipinski definition) is 7. The second-order valence-electron chi connectivity index (χ2n) is 11.8. The summed E-state index contributed by atoms with van der Waals surface area (Å²) in [6, 6.07) is 27.0. The number of rotatable bonds is 18. The normalized spacial score (nSPS) is 11.7. The molecule has 4 aromatic rings. The van der Waals surface area contributed by atoms with Crippen LogP contribution in [0.2, 0.25) is 0 Å². The fourth-order valence-electron chi connectivity index (χ4n) is 5.54. The number of carbonyl (C=O) groups is 2. The van der Waals surface area contributed by atoms with Gasteiger partial charge in [-0.25, -0.2) is 8.42 Å². The minimum atomic E-state index is -4.36. The topological polar surface area (TPSA) is 114 Å². The molecule has 0 heterocycles. The number of ether oxygens (including phenoxy) is 3. The van der Waals surface area contributed by atoms with Crippen molar-refractivity contribution in [2.24, 2.45) is 0 Å². The van der Waals surface area contributed by atoms with E-state index in [2.05, 4.69) is 5.32 Å². The van der Waals surface area contributed by atoms with Gasteiger partial charge in [-0.1, -0.05) is 67.9 Å². The summed E-state index contributed by atoms with van der Waals surface area (Å²) in [6.45, 7) is 6.24. The van der Waals surface area contributed by atoms with Gasteiger partial charge in [0.25, 0.3) is 10.0 Å². The van der Waals surface area contributed by atoms with Gasteiger partial charge < -0.3 is 24.4 Å². The van der Waals surface area contributed by atoms with E-state index in [1.165, 1.54) is 37.3 Å². The van der Waals surface area contributed by atoms with Crippen molar-refractivity contribution in [1.29, 1.82) is 0 Å². The molecule has 0 fully saturated rings. The van der Waals surface area contributed by atoms with Gasteiger partial charge in [-0.3, -0.25) is 13.9 Å². The van der Waals surface area contributed by atoms with E-state index < -0.39 is 28.5 Å². The quantitative estimate of drug-likeness (QED) is 0.124. The molecule has 0 saturated carbocycles. The van der Waals surface area contributed by atoms with E-state index in [1.807, 2.05) is 75.4 Å². The van der Waals surface area contributed by atoms with Gasteiger partial charge in [-0.15, -0.1) is 0 Å². The van der Waals surface area contributed by atoms with E-state index in [9.17, 15) is 18.0 Å². The third-order valence-electron chi connectivity index (χ3n) is 8.36. The Balaban J connectivity index is 1.83. The zero-order valence-corrected chi connectivity index (χ0v) is 30.2. The molecule has 0 aliphatic rings. The van der Waals surface area contributed by atoms with Crippen LogP contribution in [0.3, 0.4) is 0 Å². The summed E-state index contributed by atoms with van der Waals surface area (Å²) in [5, 5.41) is 3.02. The van der Waals surface area contributed by atoms with Crippen LogP contribution in [-0.4, -0.2) is 65.1 Å². The lowest BCUT2D eigenvalue weighted by atomic mass is 10.0. The minimum Gasteiger partial charge on any atom is -0.494 e. The van der Waals surface area contributed by atoms with Gasteiger partial charge in [-0.05, 0) is 73.4 Å². The Morgan fingerprint density at radius 1 is 0.840 bits per heavy atom. The van der Waals surface area contributed by atoms with Crippen LogP contribution in [0.4, 0.5) is 5.69 Å². The van der Waals surface area contributed by atoms with Gasteiger partial charge >= 0.3 is 0 Å². The number of amides is 2. The molecule has 10 nitrogen and oxygen atoms in total. The van der Waals surface area contributed by atoms with Crippen molar-refractivity contribution < 1.29 is 32.2 Å². The first-order valence-electron chi connectivity index (χ1n) is 16.8. The Kier molecular flexibility index (Phi) is 13.7. The Bertz CT molecular complexity index is 1820. The molecular weight excluding hydrogens is 655 g/mol. The molecule has 0 aromatic heterocycles. The van der Waals surface area contributed by atoms with Crippen molar-refractivity contribution in [2.45, 2.75) is 57.5 Å². The number of carbonyl (C=O) groups excluding carboxylic acids is 2. The van der Waals surface area contributed by atoms with E-state index in [-0.39, 0.29) is 35.2 Å². The maximum atomic E-state index is 14.8. The molecule has 50 heavy (non-hydrogen) atoms. The number of nitrogens with one attached hydrogen (secondary N) is 1. The number of methoxy groups -OCH3 is 2. The molecule has 4 aromatic carbocycles. The molecule has 0 aliphatic heterocycles.